The van der Waals surface area contributed by atoms with Gasteiger partial charge in [0, 0.05) is 5.69 Å². The molecule has 0 spiro atoms. The van der Waals surface area contributed by atoms with Gasteiger partial charge in [0.1, 0.15) is 6.04 Å². The van der Waals surface area contributed by atoms with Crippen LogP contribution in [-0.4, -0.2) is 29.9 Å². The Kier molecular flexibility index (Phi) is 7.95. The summed E-state index contributed by atoms with van der Waals surface area (Å²) in [7, 11) is 0. The van der Waals surface area contributed by atoms with Crippen LogP contribution in [0.4, 0.5) is 5.69 Å². The van der Waals surface area contributed by atoms with Crippen molar-refractivity contribution in [3.05, 3.63) is 65.7 Å². The van der Waals surface area contributed by atoms with Crippen molar-refractivity contribution >= 4 is 23.5 Å². The van der Waals surface area contributed by atoms with E-state index in [0.29, 0.717) is 5.69 Å². The highest BCUT2D eigenvalue weighted by molar-refractivity contribution is 5.95. The molecular formula is C23H28N2O4. The van der Waals surface area contributed by atoms with Gasteiger partial charge in [0.15, 0.2) is 6.10 Å². The lowest BCUT2D eigenvalue weighted by Crippen LogP contribution is -2.47. The number of carbonyl (C=O) groups is 3. The molecule has 0 saturated heterocycles. The number of esters is 1. The van der Waals surface area contributed by atoms with Crippen LogP contribution in [-0.2, 0) is 25.5 Å². The maximum Gasteiger partial charge on any atom is 0.329 e. The minimum atomic E-state index is -0.990. The van der Waals surface area contributed by atoms with Crippen LogP contribution in [0.15, 0.2) is 54.6 Å². The topological polar surface area (TPSA) is 84.5 Å². The molecule has 0 bridgehead atoms. The number of rotatable bonds is 8. The van der Waals surface area contributed by atoms with Crippen molar-refractivity contribution in [3.8, 4) is 0 Å². The van der Waals surface area contributed by atoms with Crippen LogP contribution in [0, 0.1) is 12.8 Å². The summed E-state index contributed by atoms with van der Waals surface area (Å²) in [5.74, 6) is -1.52. The second-order valence-electron chi connectivity index (χ2n) is 7.39. The first-order valence-corrected chi connectivity index (χ1v) is 9.67. The number of carbonyl (C=O) groups excluding carboxylic acids is 3. The van der Waals surface area contributed by atoms with Gasteiger partial charge in [0.2, 0.25) is 5.91 Å². The number of anilines is 1. The maximum absolute atomic E-state index is 12.6. The van der Waals surface area contributed by atoms with Crippen LogP contribution >= 0.6 is 0 Å². The molecule has 0 unspecified atom stereocenters. The highest BCUT2D eigenvalue weighted by atomic mass is 16.5. The molecule has 0 aliphatic carbocycles. The fourth-order valence-corrected chi connectivity index (χ4v) is 2.69. The number of hydrogen-bond acceptors (Lipinski definition) is 4. The van der Waals surface area contributed by atoms with Crippen molar-refractivity contribution in [2.24, 2.45) is 5.92 Å². The van der Waals surface area contributed by atoms with Gasteiger partial charge in [0.25, 0.3) is 5.91 Å². The largest absolute Gasteiger partial charge is 0.451 e. The minimum absolute atomic E-state index is 0.167. The number of hydrogen-bond donors (Lipinski definition) is 2. The predicted octanol–water partition coefficient (Wildman–Crippen LogP) is 3.25. The van der Waals surface area contributed by atoms with Crippen LogP contribution < -0.4 is 10.6 Å². The summed E-state index contributed by atoms with van der Waals surface area (Å²) in [6.45, 7) is 7.08. The first kappa shape index (κ1) is 22.1. The third kappa shape index (κ3) is 7.07. The first-order valence-electron chi connectivity index (χ1n) is 9.67. The van der Waals surface area contributed by atoms with Gasteiger partial charge in [-0.05, 0) is 37.5 Å². The van der Waals surface area contributed by atoms with E-state index in [4.69, 9.17) is 4.74 Å². The molecule has 0 aromatic heterocycles. The zero-order chi connectivity index (χ0) is 21.4. The Morgan fingerprint density at radius 2 is 1.55 bits per heavy atom. The second-order valence-corrected chi connectivity index (χ2v) is 7.39. The Bertz CT molecular complexity index is 832. The summed E-state index contributed by atoms with van der Waals surface area (Å²) in [5, 5.41) is 5.43. The van der Waals surface area contributed by atoms with Gasteiger partial charge in [-0.15, -0.1) is 0 Å². The van der Waals surface area contributed by atoms with Crippen molar-refractivity contribution in [2.75, 3.05) is 5.32 Å². The summed E-state index contributed by atoms with van der Waals surface area (Å²) in [6.07, 6.45) is -0.822. The average molecular weight is 396 g/mol. The van der Waals surface area contributed by atoms with Crippen molar-refractivity contribution in [3.63, 3.8) is 0 Å². The number of aryl methyl sites for hydroxylation is 1. The van der Waals surface area contributed by atoms with Crippen LogP contribution in [0.2, 0.25) is 0 Å². The summed E-state index contributed by atoms with van der Waals surface area (Å²) in [5.41, 5.74) is 2.56. The van der Waals surface area contributed by atoms with E-state index < -0.39 is 24.0 Å². The predicted molar refractivity (Wildman–Crippen MR) is 112 cm³/mol. The van der Waals surface area contributed by atoms with Crippen LogP contribution in [0.5, 0.6) is 0 Å². The zero-order valence-electron chi connectivity index (χ0n) is 17.3. The summed E-state index contributed by atoms with van der Waals surface area (Å²) in [6, 6.07) is 15.8. The third-order valence-corrected chi connectivity index (χ3v) is 4.43. The van der Waals surface area contributed by atoms with Crippen LogP contribution in [0.1, 0.15) is 31.9 Å². The molecule has 2 N–H and O–H groups in total. The van der Waals surface area contributed by atoms with Gasteiger partial charge < -0.3 is 15.4 Å². The maximum atomic E-state index is 12.6. The smallest absolute Gasteiger partial charge is 0.329 e. The molecule has 0 heterocycles. The first-order chi connectivity index (χ1) is 13.8. The van der Waals surface area contributed by atoms with Gasteiger partial charge in [-0.25, -0.2) is 4.79 Å². The van der Waals surface area contributed by atoms with E-state index >= 15 is 0 Å². The molecule has 6 nitrogen and oxygen atoms in total. The van der Waals surface area contributed by atoms with E-state index in [0.717, 1.165) is 11.1 Å². The highest BCUT2D eigenvalue weighted by Crippen LogP contribution is 2.11. The third-order valence-electron chi connectivity index (χ3n) is 4.43. The van der Waals surface area contributed by atoms with Crippen LogP contribution in [0.3, 0.4) is 0 Å². The summed E-state index contributed by atoms with van der Waals surface area (Å²) in [4.78, 5) is 37.2. The molecule has 2 aromatic rings. The molecule has 29 heavy (non-hydrogen) atoms. The lowest BCUT2D eigenvalue weighted by Gasteiger charge is -2.23. The van der Waals surface area contributed by atoms with Crippen molar-refractivity contribution in [1.29, 1.82) is 0 Å². The van der Waals surface area contributed by atoms with Crippen molar-refractivity contribution in [1.82, 2.24) is 5.32 Å². The molecule has 2 aromatic carbocycles. The lowest BCUT2D eigenvalue weighted by atomic mass is 10.0. The highest BCUT2D eigenvalue weighted by Gasteiger charge is 2.29. The lowest BCUT2D eigenvalue weighted by molar-refractivity contribution is -0.157. The van der Waals surface area contributed by atoms with Crippen molar-refractivity contribution < 1.29 is 19.1 Å². The van der Waals surface area contributed by atoms with E-state index in [1.54, 1.807) is 12.1 Å². The van der Waals surface area contributed by atoms with Crippen molar-refractivity contribution in [2.45, 2.75) is 46.3 Å². The fraction of sp³-hybridized carbons (Fsp3) is 0.348. The summed E-state index contributed by atoms with van der Waals surface area (Å²) >= 11 is 0. The fourth-order valence-electron chi connectivity index (χ4n) is 2.69. The second kappa shape index (κ2) is 10.4. The van der Waals surface area contributed by atoms with Gasteiger partial charge >= 0.3 is 5.97 Å². The Labute approximate surface area is 171 Å². The Morgan fingerprint density at radius 1 is 0.931 bits per heavy atom. The molecule has 2 atom stereocenters. The molecular weight excluding hydrogens is 368 g/mol. The molecule has 0 saturated carbocycles. The van der Waals surface area contributed by atoms with Gasteiger partial charge in [0.05, 0.1) is 6.42 Å². The molecule has 0 aliphatic rings. The average Bonchev–Trinajstić information content (AvgIpc) is 2.68. The number of ether oxygens (including phenoxy) is 1. The Morgan fingerprint density at radius 3 is 2.14 bits per heavy atom. The zero-order valence-corrected chi connectivity index (χ0v) is 17.3. The monoisotopic (exact) mass is 396 g/mol. The van der Waals surface area contributed by atoms with E-state index in [1.165, 1.54) is 6.92 Å². The van der Waals surface area contributed by atoms with Gasteiger partial charge in [-0.2, -0.15) is 0 Å². The normalized spacial score (nSPS) is 12.7. The summed E-state index contributed by atoms with van der Waals surface area (Å²) < 4.78 is 5.32. The molecule has 0 aliphatic heterocycles. The van der Waals surface area contributed by atoms with E-state index in [-0.39, 0.29) is 18.2 Å². The standard InChI is InChI=1S/C23H28N2O4/c1-15(2)21(25-20(26)14-18-8-6-5-7-9-18)23(28)29-17(4)22(27)24-19-12-10-16(3)11-13-19/h5-13,15,17,21H,14H2,1-4H3,(H,24,27)(H,25,26)/t17-,21-/m0/s1. The molecule has 2 rings (SSSR count). The van der Waals surface area contributed by atoms with E-state index in [2.05, 4.69) is 10.6 Å². The number of benzene rings is 2. The quantitative estimate of drug-likeness (QED) is 0.671. The molecule has 0 radical (unpaired) electrons. The van der Waals surface area contributed by atoms with E-state index in [1.807, 2.05) is 63.2 Å². The molecule has 154 valence electrons. The van der Waals surface area contributed by atoms with Gasteiger partial charge in [-0.3, -0.25) is 9.59 Å². The molecule has 6 heteroatoms. The van der Waals surface area contributed by atoms with Gasteiger partial charge in [-0.1, -0.05) is 61.9 Å². The number of nitrogens with one attached hydrogen (secondary N) is 2. The Hall–Kier alpha value is -3.15. The minimum Gasteiger partial charge on any atom is -0.451 e. The number of amides is 2. The SMILES string of the molecule is Cc1ccc(NC(=O)[C@H](C)OC(=O)[C@@H](NC(=O)Cc2ccccc2)C(C)C)cc1. The Balaban J connectivity index is 1.92. The van der Waals surface area contributed by atoms with Crippen LogP contribution in [0.25, 0.3) is 0 Å². The van der Waals surface area contributed by atoms with E-state index in [9.17, 15) is 14.4 Å². The molecule has 0 fully saturated rings. The molecule has 2 amide bonds.